The van der Waals surface area contributed by atoms with Gasteiger partial charge in [0.05, 0.1) is 0 Å². The number of hydrogen-bond acceptors (Lipinski definition) is 2. The molecule has 1 fully saturated rings. The molecule has 1 atom stereocenters. The van der Waals surface area contributed by atoms with E-state index in [0.29, 0.717) is 6.04 Å². The summed E-state index contributed by atoms with van der Waals surface area (Å²) in [4.78, 5) is 14.7. The normalized spacial score (nSPS) is 18.6. The van der Waals surface area contributed by atoms with E-state index in [9.17, 15) is 4.79 Å². The van der Waals surface area contributed by atoms with Gasteiger partial charge in [0.25, 0.3) is 5.91 Å². The Kier molecular flexibility index (Phi) is 4.59. The molecule has 3 nitrogen and oxygen atoms in total. The van der Waals surface area contributed by atoms with E-state index in [1.807, 2.05) is 23.1 Å². The van der Waals surface area contributed by atoms with Crippen molar-refractivity contribution in [3.8, 4) is 0 Å². The Bertz CT molecular complexity index is 450. The third-order valence-corrected chi connectivity index (χ3v) is 3.95. The van der Waals surface area contributed by atoms with E-state index < -0.39 is 0 Å². The van der Waals surface area contributed by atoms with Gasteiger partial charge < -0.3 is 10.2 Å². The number of carbonyl (C=O) groups excluding carboxylic acids is 1. The maximum atomic E-state index is 12.7. The van der Waals surface area contributed by atoms with Gasteiger partial charge in [-0.2, -0.15) is 0 Å². The van der Waals surface area contributed by atoms with Gasteiger partial charge in [-0.3, -0.25) is 4.79 Å². The van der Waals surface area contributed by atoms with Crippen LogP contribution < -0.4 is 5.32 Å². The van der Waals surface area contributed by atoms with Crippen molar-refractivity contribution in [3.05, 3.63) is 34.9 Å². The van der Waals surface area contributed by atoms with Crippen LogP contribution >= 0.6 is 0 Å². The van der Waals surface area contributed by atoms with Crippen LogP contribution in [0.3, 0.4) is 0 Å². The Balaban J connectivity index is 2.20. The highest BCUT2D eigenvalue weighted by molar-refractivity contribution is 5.94. The van der Waals surface area contributed by atoms with E-state index in [1.165, 1.54) is 11.1 Å². The Labute approximate surface area is 116 Å². The van der Waals surface area contributed by atoms with E-state index in [1.54, 1.807) is 0 Å². The van der Waals surface area contributed by atoms with Crippen LogP contribution in [0.25, 0.3) is 0 Å². The molecule has 1 aliphatic rings. The number of amides is 1. The van der Waals surface area contributed by atoms with Crippen molar-refractivity contribution in [1.82, 2.24) is 10.2 Å². The minimum atomic E-state index is 0.179. The van der Waals surface area contributed by atoms with Crippen molar-refractivity contribution >= 4 is 5.91 Å². The number of benzene rings is 1. The van der Waals surface area contributed by atoms with Gasteiger partial charge in [-0.05, 0) is 56.5 Å². The molecule has 1 N–H and O–H groups in total. The van der Waals surface area contributed by atoms with E-state index in [4.69, 9.17) is 0 Å². The molecule has 104 valence electrons. The molecule has 0 saturated carbocycles. The standard InChI is InChI=1S/C16H24N2O/c1-4-9-18(15-7-8-17-11-15)16(19)14-6-5-12(2)13(3)10-14/h5-6,10,15,17H,4,7-9,11H2,1-3H3. The van der Waals surface area contributed by atoms with E-state index >= 15 is 0 Å². The summed E-state index contributed by atoms with van der Waals surface area (Å²) in [7, 11) is 0. The highest BCUT2D eigenvalue weighted by Gasteiger charge is 2.26. The molecule has 0 aromatic heterocycles. The third kappa shape index (κ3) is 3.16. The molecule has 1 unspecified atom stereocenters. The lowest BCUT2D eigenvalue weighted by Gasteiger charge is -2.28. The molecule has 1 heterocycles. The molecule has 19 heavy (non-hydrogen) atoms. The van der Waals surface area contributed by atoms with E-state index in [0.717, 1.165) is 38.0 Å². The van der Waals surface area contributed by atoms with Crippen molar-refractivity contribution < 1.29 is 4.79 Å². The molecular formula is C16H24N2O. The molecule has 2 rings (SSSR count). The van der Waals surface area contributed by atoms with E-state index in [2.05, 4.69) is 26.1 Å². The summed E-state index contributed by atoms with van der Waals surface area (Å²) in [5, 5.41) is 3.34. The van der Waals surface area contributed by atoms with E-state index in [-0.39, 0.29) is 5.91 Å². The lowest BCUT2D eigenvalue weighted by Crippen LogP contribution is -2.42. The quantitative estimate of drug-likeness (QED) is 0.902. The third-order valence-electron chi connectivity index (χ3n) is 3.95. The highest BCUT2D eigenvalue weighted by Crippen LogP contribution is 2.16. The smallest absolute Gasteiger partial charge is 0.254 e. The van der Waals surface area contributed by atoms with Crippen LogP contribution in [0.15, 0.2) is 18.2 Å². The molecule has 0 radical (unpaired) electrons. The second-order valence-electron chi connectivity index (χ2n) is 5.44. The van der Waals surface area contributed by atoms with Crippen molar-refractivity contribution in [1.29, 1.82) is 0 Å². The first-order valence-electron chi connectivity index (χ1n) is 7.22. The van der Waals surface area contributed by atoms with Gasteiger partial charge in [-0.15, -0.1) is 0 Å². The molecule has 1 saturated heterocycles. The van der Waals surface area contributed by atoms with Crippen LogP contribution in [0, 0.1) is 13.8 Å². The van der Waals surface area contributed by atoms with Gasteiger partial charge in [-0.1, -0.05) is 13.0 Å². The lowest BCUT2D eigenvalue weighted by atomic mass is 10.0. The number of carbonyl (C=O) groups is 1. The van der Waals surface area contributed by atoms with Gasteiger partial charge in [0.15, 0.2) is 0 Å². The summed E-state index contributed by atoms with van der Waals surface area (Å²) in [6.07, 6.45) is 2.07. The van der Waals surface area contributed by atoms with Gasteiger partial charge >= 0.3 is 0 Å². The SMILES string of the molecule is CCCN(C(=O)c1ccc(C)c(C)c1)C1CCNC1. The predicted molar refractivity (Wildman–Crippen MR) is 78.5 cm³/mol. The molecule has 3 heteroatoms. The molecule has 1 aromatic carbocycles. The van der Waals surface area contributed by atoms with Crippen molar-refractivity contribution in [2.45, 2.75) is 39.7 Å². The fraction of sp³-hybridized carbons (Fsp3) is 0.562. The van der Waals surface area contributed by atoms with Crippen LogP contribution in [0.1, 0.15) is 41.3 Å². The maximum Gasteiger partial charge on any atom is 0.254 e. The zero-order chi connectivity index (χ0) is 13.8. The molecule has 0 aliphatic carbocycles. The number of hydrogen-bond donors (Lipinski definition) is 1. The van der Waals surface area contributed by atoms with Crippen LogP contribution in [0.2, 0.25) is 0 Å². The fourth-order valence-electron chi connectivity index (χ4n) is 2.64. The maximum absolute atomic E-state index is 12.7. The zero-order valence-corrected chi connectivity index (χ0v) is 12.2. The van der Waals surface area contributed by atoms with Crippen molar-refractivity contribution in [2.24, 2.45) is 0 Å². The number of rotatable bonds is 4. The summed E-state index contributed by atoms with van der Waals surface area (Å²) >= 11 is 0. The first-order chi connectivity index (χ1) is 9.13. The summed E-state index contributed by atoms with van der Waals surface area (Å²) < 4.78 is 0. The second kappa shape index (κ2) is 6.20. The molecule has 1 aromatic rings. The minimum absolute atomic E-state index is 0.179. The fourth-order valence-corrected chi connectivity index (χ4v) is 2.64. The van der Waals surface area contributed by atoms with Gasteiger partial charge in [0, 0.05) is 24.7 Å². The monoisotopic (exact) mass is 260 g/mol. The Hall–Kier alpha value is -1.35. The first-order valence-corrected chi connectivity index (χ1v) is 7.22. The minimum Gasteiger partial charge on any atom is -0.334 e. The molecular weight excluding hydrogens is 236 g/mol. The Morgan fingerprint density at radius 3 is 2.74 bits per heavy atom. The lowest BCUT2D eigenvalue weighted by molar-refractivity contribution is 0.0692. The van der Waals surface area contributed by atoms with Crippen LogP contribution in [-0.2, 0) is 0 Å². The second-order valence-corrected chi connectivity index (χ2v) is 5.44. The average molecular weight is 260 g/mol. The number of nitrogens with zero attached hydrogens (tertiary/aromatic N) is 1. The predicted octanol–water partition coefficient (Wildman–Crippen LogP) is 2.52. The molecule has 1 aliphatic heterocycles. The number of nitrogens with one attached hydrogen (secondary N) is 1. The van der Waals surface area contributed by atoms with Crippen molar-refractivity contribution in [2.75, 3.05) is 19.6 Å². The average Bonchev–Trinajstić information content (AvgIpc) is 2.92. The largest absolute Gasteiger partial charge is 0.334 e. The van der Waals surface area contributed by atoms with Crippen LogP contribution in [-0.4, -0.2) is 36.5 Å². The molecule has 1 amide bonds. The van der Waals surface area contributed by atoms with Crippen LogP contribution in [0.5, 0.6) is 0 Å². The number of aryl methyl sites for hydroxylation is 2. The summed E-state index contributed by atoms with van der Waals surface area (Å²) in [5.74, 6) is 0.179. The van der Waals surface area contributed by atoms with Gasteiger partial charge in [-0.25, -0.2) is 0 Å². The topological polar surface area (TPSA) is 32.3 Å². The highest BCUT2D eigenvalue weighted by atomic mass is 16.2. The van der Waals surface area contributed by atoms with Crippen molar-refractivity contribution in [3.63, 3.8) is 0 Å². The summed E-state index contributed by atoms with van der Waals surface area (Å²) in [6, 6.07) is 6.37. The summed E-state index contributed by atoms with van der Waals surface area (Å²) in [5.41, 5.74) is 3.25. The van der Waals surface area contributed by atoms with Crippen LogP contribution in [0.4, 0.5) is 0 Å². The zero-order valence-electron chi connectivity index (χ0n) is 12.2. The Morgan fingerprint density at radius 1 is 1.37 bits per heavy atom. The van der Waals surface area contributed by atoms with Gasteiger partial charge in [0.2, 0.25) is 0 Å². The molecule has 0 bridgehead atoms. The first kappa shape index (κ1) is 14.1. The van der Waals surface area contributed by atoms with Gasteiger partial charge in [0.1, 0.15) is 0 Å². The summed E-state index contributed by atoms with van der Waals surface area (Å²) in [6.45, 7) is 9.06. The Morgan fingerprint density at radius 2 is 2.16 bits per heavy atom. The molecule has 0 spiro atoms.